The molecule has 0 amide bonds. The van der Waals surface area contributed by atoms with Gasteiger partial charge in [0.05, 0.1) is 25.2 Å². The molecule has 180 valence electrons. The van der Waals surface area contributed by atoms with Gasteiger partial charge in [-0.1, -0.05) is 46.0 Å². The van der Waals surface area contributed by atoms with Crippen LogP contribution in [0, 0.1) is 46.8 Å². The molecule has 5 fully saturated rings. The summed E-state index contributed by atoms with van der Waals surface area (Å²) in [7, 11) is -1.91. The van der Waals surface area contributed by atoms with Gasteiger partial charge in [-0.15, -0.1) is 0 Å². The van der Waals surface area contributed by atoms with Gasteiger partial charge in [-0.2, -0.15) is 0 Å². The zero-order chi connectivity index (χ0) is 22.9. The Labute approximate surface area is 196 Å². The van der Waals surface area contributed by atoms with Crippen LogP contribution >= 0.6 is 0 Å². The maximum atomic E-state index is 10.9. The molecule has 5 rings (SSSR count). The largest absolute Gasteiger partial charge is 0.403 e. The van der Waals surface area contributed by atoms with Crippen molar-refractivity contribution in [2.45, 2.75) is 109 Å². The van der Waals surface area contributed by atoms with Crippen molar-refractivity contribution >= 4 is 8.32 Å². The fourth-order valence-corrected chi connectivity index (χ4v) is 8.44. The maximum Gasteiger partial charge on any atom is 0.193 e. The average molecular weight is 461 g/mol. The minimum atomic E-state index is -1.91. The van der Waals surface area contributed by atoms with Crippen LogP contribution in [0.25, 0.3) is 0 Å². The van der Waals surface area contributed by atoms with Crippen molar-refractivity contribution in [3.05, 3.63) is 0 Å². The third-order valence-electron chi connectivity index (χ3n) is 10.5. The molecule has 0 aromatic rings. The first-order valence-electron chi connectivity index (χ1n) is 13.1. The van der Waals surface area contributed by atoms with Gasteiger partial charge in [0.25, 0.3) is 0 Å². The lowest BCUT2D eigenvalue weighted by Crippen LogP contribution is -2.67. The van der Waals surface area contributed by atoms with Crippen LogP contribution in [0.4, 0.5) is 0 Å². The smallest absolute Gasteiger partial charge is 0.193 e. The molecule has 1 N–H and O–H groups in total. The third kappa shape index (κ3) is 3.64. The van der Waals surface area contributed by atoms with Crippen molar-refractivity contribution in [1.29, 1.82) is 0 Å². The molecule has 1 heterocycles. The van der Waals surface area contributed by atoms with E-state index < -0.39 is 14.1 Å². The van der Waals surface area contributed by atoms with E-state index in [2.05, 4.69) is 52.6 Å². The van der Waals surface area contributed by atoms with Crippen molar-refractivity contribution in [2.75, 3.05) is 13.2 Å². The van der Waals surface area contributed by atoms with E-state index in [-0.39, 0.29) is 28.6 Å². The lowest BCUT2D eigenvalue weighted by molar-refractivity contribution is -0.344. The second-order valence-corrected chi connectivity index (χ2v) is 17.9. The molecule has 4 aliphatic carbocycles. The van der Waals surface area contributed by atoms with Crippen LogP contribution in [0.5, 0.6) is 0 Å². The summed E-state index contributed by atoms with van der Waals surface area (Å²) < 4.78 is 19.1. The van der Waals surface area contributed by atoms with Gasteiger partial charge in [0.2, 0.25) is 0 Å². The second kappa shape index (κ2) is 7.82. The van der Waals surface area contributed by atoms with E-state index in [1.54, 1.807) is 0 Å². The summed E-state index contributed by atoms with van der Waals surface area (Å²) in [5.41, 5.74) is -0.0363. The predicted molar refractivity (Wildman–Crippen MR) is 128 cm³/mol. The fourth-order valence-electron chi connectivity index (χ4n) is 7.22. The summed E-state index contributed by atoms with van der Waals surface area (Å²) in [5.74, 6) is 9.77. The normalized spacial score (nSPS) is 43.1. The number of fused-ring (bicyclic) bond motifs is 3. The summed E-state index contributed by atoms with van der Waals surface area (Å²) in [4.78, 5) is 0. The summed E-state index contributed by atoms with van der Waals surface area (Å²) in [6.07, 6.45) is 7.53. The molecule has 0 aromatic carbocycles. The summed E-state index contributed by atoms with van der Waals surface area (Å²) in [6.45, 7) is 15.3. The Bertz CT molecular complexity index is 776. The standard InChI is InChI=1S/C27H44O4Si/c1-25(2,3)32(5,6)31-18(16-22-19-8-7-9-20(19)22)10-11-21-23-17-27(29-14-15-30-27)26(23,4)13-12-24(21)28/h18-24,28H,7-9,12-17H2,1-6H3/t18-,19?,20?,21+,22?,23+,24+,26-/m1/s1. The number of hydrogen-bond donors (Lipinski definition) is 1. The summed E-state index contributed by atoms with van der Waals surface area (Å²) in [6, 6.07) is 0. The Morgan fingerprint density at radius 2 is 1.78 bits per heavy atom. The van der Waals surface area contributed by atoms with Gasteiger partial charge >= 0.3 is 0 Å². The Hall–Kier alpha value is -0.383. The summed E-state index contributed by atoms with van der Waals surface area (Å²) in [5, 5.41) is 11.1. The molecule has 4 nitrogen and oxygen atoms in total. The highest BCUT2D eigenvalue weighted by Crippen LogP contribution is 2.66. The highest BCUT2D eigenvalue weighted by Gasteiger charge is 2.70. The van der Waals surface area contributed by atoms with Crippen LogP contribution < -0.4 is 0 Å². The minimum absolute atomic E-state index is 0.000100. The van der Waals surface area contributed by atoms with Crippen molar-refractivity contribution < 1.29 is 19.0 Å². The predicted octanol–water partition coefficient (Wildman–Crippen LogP) is 5.36. The monoisotopic (exact) mass is 460 g/mol. The van der Waals surface area contributed by atoms with E-state index in [1.807, 2.05) is 0 Å². The number of rotatable bonds is 4. The van der Waals surface area contributed by atoms with Gasteiger partial charge in [-0.3, -0.25) is 0 Å². The molecule has 0 bridgehead atoms. The van der Waals surface area contributed by atoms with Crippen LogP contribution in [-0.2, 0) is 13.9 Å². The first-order chi connectivity index (χ1) is 15.0. The van der Waals surface area contributed by atoms with Gasteiger partial charge in [-0.25, -0.2) is 0 Å². The molecule has 1 aliphatic heterocycles. The number of aliphatic hydroxyl groups is 1. The molecule has 5 aliphatic rings. The zero-order valence-corrected chi connectivity index (χ0v) is 22.1. The maximum absolute atomic E-state index is 10.9. The molecule has 5 heteroatoms. The molecule has 7 atom stereocenters. The quantitative estimate of drug-likeness (QED) is 0.453. The van der Waals surface area contributed by atoms with Crippen LogP contribution in [0.2, 0.25) is 18.1 Å². The molecule has 1 spiro atoms. The van der Waals surface area contributed by atoms with Gasteiger partial charge in [0.15, 0.2) is 14.1 Å². The van der Waals surface area contributed by atoms with Gasteiger partial charge < -0.3 is 19.0 Å². The molecule has 0 aromatic heterocycles. The fraction of sp³-hybridized carbons (Fsp3) is 0.926. The van der Waals surface area contributed by atoms with E-state index in [0.29, 0.717) is 19.1 Å². The Morgan fingerprint density at radius 1 is 1.12 bits per heavy atom. The SMILES string of the molecule is CC(C)(C)[Si](C)(C)O[C@H](C#C[C@@H]1[C@@H](O)CC[C@]2(C)[C@H]1CC21OCCO1)CC1C2CCCC21. The minimum Gasteiger partial charge on any atom is -0.403 e. The molecule has 2 unspecified atom stereocenters. The average Bonchev–Trinajstić information content (AvgIpc) is 3.13. The van der Waals surface area contributed by atoms with E-state index >= 15 is 0 Å². The molecule has 1 saturated heterocycles. The molecule has 4 saturated carbocycles. The first kappa shape index (κ1) is 23.4. The Morgan fingerprint density at radius 3 is 2.41 bits per heavy atom. The van der Waals surface area contributed by atoms with Crippen LogP contribution in [0.1, 0.15) is 72.6 Å². The number of hydrogen-bond acceptors (Lipinski definition) is 4. The molecule has 32 heavy (non-hydrogen) atoms. The van der Waals surface area contributed by atoms with Crippen LogP contribution in [0.15, 0.2) is 0 Å². The zero-order valence-electron chi connectivity index (χ0n) is 21.1. The van der Waals surface area contributed by atoms with E-state index in [0.717, 1.165) is 43.4 Å². The van der Waals surface area contributed by atoms with Crippen molar-refractivity contribution in [3.8, 4) is 11.8 Å². The number of aliphatic hydroxyl groups excluding tert-OH is 1. The van der Waals surface area contributed by atoms with Gasteiger partial charge in [0, 0.05) is 11.8 Å². The van der Waals surface area contributed by atoms with E-state index in [9.17, 15) is 5.11 Å². The lowest BCUT2D eigenvalue weighted by Gasteiger charge is -2.64. The van der Waals surface area contributed by atoms with Gasteiger partial charge in [0.1, 0.15) is 6.10 Å². The van der Waals surface area contributed by atoms with E-state index in [4.69, 9.17) is 13.9 Å². The van der Waals surface area contributed by atoms with Crippen LogP contribution in [0.3, 0.4) is 0 Å². The summed E-state index contributed by atoms with van der Waals surface area (Å²) >= 11 is 0. The highest BCUT2D eigenvalue weighted by molar-refractivity contribution is 6.74. The Kier molecular flexibility index (Phi) is 5.71. The second-order valence-electron chi connectivity index (χ2n) is 13.1. The molecular formula is C27H44O4Si. The third-order valence-corrected chi connectivity index (χ3v) is 14.9. The van der Waals surface area contributed by atoms with Gasteiger partial charge in [-0.05, 0) is 73.9 Å². The van der Waals surface area contributed by atoms with Crippen molar-refractivity contribution in [2.24, 2.45) is 35.0 Å². The van der Waals surface area contributed by atoms with Crippen molar-refractivity contribution in [3.63, 3.8) is 0 Å². The molecular weight excluding hydrogens is 416 g/mol. The lowest BCUT2D eigenvalue weighted by atomic mass is 9.47. The van der Waals surface area contributed by atoms with E-state index in [1.165, 1.54) is 19.3 Å². The number of ether oxygens (including phenoxy) is 2. The Balaban J connectivity index is 1.34. The van der Waals surface area contributed by atoms with Crippen LogP contribution in [-0.4, -0.2) is 44.6 Å². The topological polar surface area (TPSA) is 47.9 Å². The molecule has 0 radical (unpaired) electrons. The highest BCUT2D eigenvalue weighted by atomic mass is 28.4. The first-order valence-corrected chi connectivity index (χ1v) is 16.0. The van der Waals surface area contributed by atoms with Crippen molar-refractivity contribution in [1.82, 2.24) is 0 Å².